The van der Waals surface area contributed by atoms with E-state index in [4.69, 9.17) is 0 Å². The van der Waals surface area contributed by atoms with Crippen molar-refractivity contribution >= 4 is 5.91 Å². The zero-order chi connectivity index (χ0) is 39.4. The van der Waals surface area contributed by atoms with Crippen LogP contribution >= 0.6 is 0 Å². The normalized spacial score (nSPS) is 13.9. The van der Waals surface area contributed by atoms with Crippen LogP contribution in [0.2, 0.25) is 0 Å². The van der Waals surface area contributed by atoms with Crippen LogP contribution in [-0.4, -0.2) is 46.1 Å². The summed E-state index contributed by atoms with van der Waals surface area (Å²) >= 11 is 0. The minimum Gasteiger partial charge on any atom is -0.394 e. The molecule has 0 aliphatic carbocycles. The molecule has 5 nitrogen and oxygen atoms in total. The fourth-order valence-electron chi connectivity index (χ4n) is 6.97. The molecule has 0 aromatic rings. The predicted octanol–water partition coefficient (Wildman–Crippen LogP) is 13.7. The van der Waals surface area contributed by atoms with E-state index in [0.717, 1.165) is 38.5 Å². The Morgan fingerprint density at radius 1 is 0.481 bits per heavy atom. The summed E-state index contributed by atoms with van der Waals surface area (Å²) in [5.41, 5.74) is 0. The Morgan fingerprint density at radius 2 is 0.852 bits per heavy atom. The molecule has 0 radical (unpaired) electrons. The number of carbonyl (C=O) groups is 1. The van der Waals surface area contributed by atoms with Crippen molar-refractivity contribution in [2.75, 3.05) is 6.61 Å². The summed E-state index contributed by atoms with van der Waals surface area (Å²) in [6.45, 7) is 4.18. The van der Waals surface area contributed by atoms with Crippen LogP contribution in [0.3, 0.4) is 0 Å². The molecule has 5 heteroatoms. The summed E-state index contributed by atoms with van der Waals surface area (Å²) in [6.07, 6.45) is 57.0. The van der Waals surface area contributed by atoms with Crippen LogP contribution in [0.4, 0.5) is 0 Å². The molecule has 0 aromatic heterocycles. The first-order valence-corrected chi connectivity index (χ1v) is 23.4. The summed E-state index contributed by atoms with van der Waals surface area (Å²) < 4.78 is 0. The van der Waals surface area contributed by atoms with Gasteiger partial charge in [-0.2, -0.15) is 0 Å². The number of rotatable bonds is 42. The van der Waals surface area contributed by atoms with E-state index in [-0.39, 0.29) is 18.9 Å². The van der Waals surface area contributed by atoms with Crippen molar-refractivity contribution in [1.29, 1.82) is 0 Å². The lowest BCUT2D eigenvalue weighted by molar-refractivity contribution is -0.124. The van der Waals surface area contributed by atoms with Crippen LogP contribution in [0.5, 0.6) is 0 Å². The summed E-state index contributed by atoms with van der Waals surface area (Å²) in [7, 11) is 0. The lowest BCUT2D eigenvalue weighted by Crippen LogP contribution is -2.45. The molecular weight excluding hydrogens is 667 g/mol. The van der Waals surface area contributed by atoms with Crippen LogP contribution < -0.4 is 5.32 Å². The topological polar surface area (TPSA) is 89.8 Å². The van der Waals surface area contributed by atoms with Gasteiger partial charge in [-0.15, -0.1) is 0 Å². The average molecular weight is 758 g/mol. The number of allylic oxidation sites excluding steroid dienone is 7. The van der Waals surface area contributed by atoms with E-state index in [1.807, 2.05) is 6.08 Å². The largest absolute Gasteiger partial charge is 0.394 e. The van der Waals surface area contributed by atoms with Gasteiger partial charge < -0.3 is 20.6 Å². The number of nitrogens with one attached hydrogen (secondary N) is 1. The van der Waals surface area contributed by atoms with E-state index in [2.05, 4.69) is 55.6 Å². The Kier molecular flexibility index (Phi) is 42.7. The number of hydrogen-bond donors (Lipinski definition) is 4. The molecule has 4 N–H and O–H groups in total. The van der Waals surface area contributed by atoms with Gasteiger partial charge in [0.05, 0.1) is 31.3 Å². The lowest BCUT2D eigenvalue weighted by Gasteiger charge is -2.21. The summed E-state index contributed by atoms with van der Waals surface area (Å²) in [4.78, 5) is 12.4. The first-order valence-electron chi connectivity index (χ1n) is 23.4. The summed E-state index contributed by atoms with van der Waals surface area (Å²) in [5, 5.41) is 33.2. The van der Waals surface area contributed by atoms with E-state index in [1.165, 1.54) is 167 Å². The minimum atomic E-state index is -0.952. The van der Waals surface area contributed by atoms with E-state index in [9.17, 15) is 20.1 Å². The third-order valence-electron chi connectivity index (χ3n) is 10.6. The maximum absolute atomic E-state index is 12.4. The molecule has 316 valence electrons. The van der Waals surface area contributed by atoms with Crippen LogP contribution in [0.25, 0.3) is 0 Å². The van der Waals surface area contributed by atoms with Crippen LogP contribution in [0.15, 0.2) is 48.6 Å². The minimum absolute atomic E-state index is 0.00341. The van der Waals surface area contributed by atoms with Gasteiger partial charge >= 0.3 is 0 Å². The van der Waals surface area contributed by atoms with Gasteiger partial charge in [-0.1, -0.05) is 210 Å². The number of carbonyl (C=O) groups excluding carboxylic acids is 1. The van der Waals surface area contributed by atoms with Gasteiger partial charge in [-0.3, -0.25) is 4.79 Å². The van der Waals surface area contributed by atoms with Gasteiger partial charge in [0.1, 0.15) is 0 Å². The van der Waals surface area contributed by atoms with E-state index in [1.54, 1.807) is 6.08 Å². The van der Waals surface area contributed by atoms with Crippen molar-refractivity contribution in [3.8, 4) is 0 Å². The molecule has 0 spiro atoms. The quantitative estimate of drug-likeness (QED) is 0.0369. The molecule has 0 heterocycles. The number of aliphatic hydroxyl groups excluding tert-OH is 3. The van der Waals surface area contributed by atoms with Crippen LogP contribution in [0.1, 0.15) is 232 Å². The van der Waals surface area contributed by atoms with Gasteiger partial charge in [0.15, 0.2) is 0 Å². The molecule has 3 unspecified atom stereocenters. The van der Waals surface area contributed by atoms with Gasteiger partial charge in [0.2, 0.25) is 5.91 Å². The zero-order valence-corrected chi connectivity index (χ0v) is 35.8. The highest BCUT2D eigenvalue weighted by atomic mass is 16.3. The Labute approximate surface area is 336 Å². The Hall–Kier alpha value is -1.69. The predicted molar refractivity (Wildman–Crippen MR) is 236 cm³/mol. The molecule has 0 bridgehead atoms. The van der Waals surface area contributed by atoms with Crippen molar-refractivity contribution in [1.82, 2.24) is 5.32 Å². The molecule has 0 aliphatic rings. The smallest absolute Gasteiger partial charge is 0.222 e. The molecule has 0 aromatic carbocycles. The highest BCUT2D eigenvalue weighted by Gasteiger charge is 2.20. The monoisotopic (exact) mass is 758 g/mol. The molecule has 0 fully saturated rings. The second kappa shape index (κ2) is 44.0. The number of amides is 1. The lowest BCUT2D eigenvalue weighted by atomic mass is 10.0. The highest BCUT2D eigenvalue weighted by Crippen LogP contribution is 2.15. The Morgan fingerprint density at radius 3 is 1.30 bits per heavy atom. The molecule has 3 atom stereocenters. The van der Waals surface area contributed by atoms with Crippen LogP contribution in [0, 0.1) is 0 Å². The molecule has 0 aliphatic heterocycles. The first kappa shape index (κ1) is 52.3. The van der Waals surface area contributed by atoms with Crippen LogP contribution in [-0.2, 0) is 4.79 Å². The van der Waals surface area contributed by atoms with Crippen molar-refractivity contribution in [3.63, 3.8) is 0 Å². The second-order valence-electron chi connectivity index (χ2n) is 16.0. The van der Waals surface area contributed by atoms with E-state index < -0.39 is 18.2 Å². The van der Waals surface area contributed by atoms with Crippen molar-refractivity contribution in [2.24, 2.45) is 0 Å². The molecule has 0 saturated carbocycles. The molecule has 0 rings (SSSR count). The van der Waals surface area contributed by atoms with Gasteiger partial charge in [-0.05, 0) is 64.2 Å². The number of hydrogen-bond acceptors (Lipinski definition) is 4. The molecule has 0 saturated heterocycles. The fourth-order valence-corrected chi connectivity index (χ4v) is 6.97. The number of unbranched alkanes of at least 4 members (excludes halogenated alkanes) is 27. The maximum Gasteiger partial charge on any atom is 0.222 e. The third kappa shape index (κ3) is 40.0. The fraction of sp³-hybridized carbons (Fsp3) is 0.816. The average Bonchev–Trinajstić information content (AvgIpc) is 3.16. The van der Waals surface area contributed by atoms with Gasteiger partial charge in [-0.25, -0.2) is 0 Å². The number of aliphatic hydroxyl groups is 3. The van der Waals surface area contributed by atoms with E-state index in [0.29, 0.717) is 6.42 Å². The van der Waals surface area contributed by atoms with Gasteiger partial charge in [0.25, 0.3) is 0 Å². The zero-order valence-electron chi connectivity index (χ0n) is 35.8. The van der Waals surface area contributed by atoms with Crippen molar-refractivity contribution in [2.45, 2.75) is 250 Å². The van der Waals surface area contributed by atoms with E-state index >= 15 is 0 Å². The summed E-state index contributed by atoms with van der Waals surface area (Å²) in [5.74, 6) is -0.328. The summed E-state index contributed by atoms with van der Waals surface area (Å²) in [6, 6.07) is -0.761. The standard InChI is InChI=1S/C49H91NO4/c1-3-5-7-9-11-13-15-17-18-19-20-21-22-23-24-25-26-27-28-29-30-31-32-34-36-38-40-42-46(52)44-49(54)50-47(45-51)48(53)43-41-39-37-35-33-16-14-12-10-8-6-4-2/h20-21,23-24,33,35,41,43,46-48,51-53H,3-19,22,25-32,34,36-40,42,44-45H2,1-2H3,(H,50,54)/b21-20-,24-23-,35-33+,43-41+. The van der Waals surface area contributed by atoms with Crippen molar-refractivity contribution < 1.29 is 20.1 Å². The maximum atomic E-state index is 12.4. The molecule has 54 heavy (non-hydrogen) atoms. The molecular formula is C49H91NO4. The highest BCUT2D eigenvalue weighted by molar-refractivity contribution is 5.76. The molecule has 1 amide bonds. The Balaban J connectivity index is 3.62. The SMILES string of the molecule is CCCCCCCC/C=C/CC/C=C/C(O)C(CO)NC(=O)CC(O)CCCCCCCCCCCCC/C=C\C/C=C\CCCCCCCCCCC. The van der Waals surface area contributed by atoms with Crippen molar-refractivity contribution in [3.05, 3.63) is 48.6 Å². The first-order chi connectivity index (χ1) is 26.5. The van der Waals surface area contributed by atoms with Gasteiger partial charge in [0, 0.05) is 0 Å². The Bertz CT molecular complexity index is 881. The third-order valence-corrected chi connectivity index (χ3v) is 10.6. The second-order valence-corrected chi connectivity index (χ2v) is 16.0.